The number of amides is 2. The van der Waals surface area contributed by atoms with Crippen LogP contribution in [0, 0.1) is 0 Å². The molecule has 1 aromatic carbocycles. The lowest BCUT2D eigenvalue weighted by molar-refractivity contribution is -0.132. The van der Waals surface area contributed by atoms with Gasteiger partial charge in [-0.05, 0) is 38.1 Å². The summed E-state index contributed by atoms with van der Waals surface area (Å²) in [6, 6.07) is 6.38. The molecule has 2 amide bonds. The molecule has 0 unspecified atom stereocenters. The monoisotopic (exact) mass is 318 g/mol. The summed E-state index contributed by atoms with van der Waals surface area (Å²) in [5.41, 5.74) is 0.951. The summed E-state index contributed by atoms with van der Waals surface area (Å²) in [6.45, 7) is 8.75. The predicted octanol–water partition coefficient (Wildman–Crippen LogP) is 2.22. The van der Waals surface area contributed by atoms with Crippen molar-refractivity contribution in [2.24, 2.45) is 0 Å². The van der Waals surface area contributed by atoms with Crippen molar-refractivity contribution in [3.8, 4) is 0 Å². The molecular weight excluding hydrogens is 296 g/mol. The number of ether oxygens (including phenoxy) is 1. The molecule has 124 valence electrons. The minimum atomic E-state index is -0.411. The van der Waals surface area contributed by atoms with Gasteiger partial charge in [-0.2, -0.15) is 0 Å². The first kappa shape index (κ1) is 18.4. The van der Waals surface area contributed by atoms with Crippen molar-refractivity contribution in [2.45, 2.75) is 26.9 Å². The average molecular weight is 318 g/mol. The smallest absolute Gasteiger partial charge is 0.338 e. The van der Waals surface area contributed by atoms with E-state index in [4.69, 9.17) is 4.74 Å². The quantitative estimate of drug-likeness (QED) is 0.618. The van der Waals surface area contributed by atoms with E-state index in [-0.39, 0.29) is 24.5 Å². The minimum absolute atomic E-state index is 0.0570. The van der Waals surface area contributed by atoms with Crippen LogP contribution in [0.15, 0.2) is 36.9 Å². The zero-order valence-electron chi connectivity index (χ0n) is 13.7. The van der Waals surface area contributed by atoms with Crippen molar-refractivity contribution in [1.29, 1.82) is 0 Å². The van der Waals surface area contributed by atoms with Gasteiger partial charge in [-0.25, -0.2) is 4.79 Å². The van der Waals surface area contributed by atoms with Crippen LogP contribution < -0.4 is 5.32 Å². The number of nitrogens with one attached hydrogen (secondary N) is 1. The van der Waals surface area contributed by atoms with E-state index in [2.05, 4.69) is 11.9 Å². The van der Waals surface area contributed by atoms with Crippen LogP contribution in [0.3, 0.4) is 0 Å². The molecule has 23 heavy (non-hydrogen) atoms. The van der Waals surface area contributed by atoms with E-state index >= 15 is 0 Å². The number of hydrogen-bond donors (Lipinski definition) is 1. The van der Waals surface area contributed by atoms with Crippen molar-refractivity contribution in [3.63, 3.8) is 0 Å². The lowest BCUT2D eigenvalue weighted by Gasteiger charge is -2.18. The fraction of sp³-hybridized carbons (Fsp3) is 0.353. The number of carbonyl (C=O) groups is 3. The molecule has 0 saturated heterocycles. The Hall–Kier alpha value is -2.63. The van der Waals surface area contributed by atoms with Crippen LogP contribution in [-0.2, 0) is 14.3 Å². The highest BCUT2D eigenvalue weighted by Gasteiger charge is 2.13. The van der Waals surface area contributed by atoms with Gasteiger partial charge in [0, 0.05) is 19.2 Å². The summed E-state index contributed by atoms with van der Waals surface area (Å²) in [5.74, 6) is -0.932. The summed E-state index contributed by atoms with van der Waals surface area (Å²) in [6.07, 6.45) is 1.37. The highest BCUT2D eigenvalue weighted by atomic mass is 16.5. The van der Waals surface area contributed by atoms with Gasteiger partial charge in [-0.3, -0.25) is 9.59 Å². The topological polar surface area (TPSA) is 75.7 Å². The normalized spacial score (nSPS) is 10.1. The van der Waals surface area contributed by atoms with Gasteiger partial charge in [0.1, 0.15) is 6.54 Å². The molecule has 6 nitrogen and oxygen atoms in total. The Bertz CT molecular complexity index is 579. The number of anilines is 1. The molecular formula is C17H22N2O4. The van der Waals surface area contributed by atoms with Crippen molar-refractivity contribution >= 4 is 23.5 Å². The highest BCUT2D eigenvalue weighted by Crippen LogP contribution is 2.11. The molecule has 0 aliphatic rings. The van der Waals surface area contributed by atoms with E-state index in [9.17, 15) is 14.4 Å². The second kappa shape index (κ2) is 8.73. The third kappa shape index (κ3) is 6.34. The molecule has 0 fully saturated rings. The van der Waals surface area contributed by atoms with Crippen molar-refractivity contribution in [2.75, 3.05) is 18.4 Å². The molecule has 0 spiro atoms. The number of hydrogen-bond acceptors (Lipinski definition) is 4. The van der Waals surface area contributed by atoms with Gasteiger partial charge in [0.2, 0.25) is 11.8 Å². The zero-order valence-corrected chi connectivity index (χ0v) is 13.7. The van der Waals surface area contributed by atoms with E-state index < -0.39 is 5.97 Å². The molecule has 0 radical (unpaired) electrons. The zero-order chi connectivity index (χ0) is 17.4. The SMILES string of the molecule is C=CCN(CC(=O)Nc1ccc(C(=O)OC(C)C)cc1)C(C)=O. The Morgan fingerprint density at radius 3 is 2.35 bits per heavy atom. The molecule has 0 aliphatic heterocycles. The maximum absolute atomic E-state index is 11.9. The summed E-state index contributed by atoms with van der Waals surface area (Å²) >= 11 is 0. The van der Waals surface area contributed by atoms with Gasteiger partial charge < -0.3 is 15.0 Å². The third-order valence-corrected chi connectivity index (χ3v) is 2.88. The molecule has 0 heterocycles. The summed E-state index contributed by atoms with van der Waals surface area (Å²) < 4.78 is 5.08. The summed E-state index contributed by atoms with van der Waals surface area (Å²) in [5, 5.41) is 2.67. The average Bonchev–Trinajstić information content (AvgIpc) is 2.46. The van der Waals surface area contributed by atoms with Crippen LogP contribution in [0.4, 0.5) is 5.69 Å². The molecule has 0 aliphatic carbocycles. The molecule has 6 heteroatoms. The lowest BCUT2D eigenvalue weighted by atomic mass is 10.2. The fourth-order valence-corrected chi connectivity index (χ4v) is 1.81. The maximum Gasteiger partial charge on any atom is 0.338 e. The molecule has 0 aromatic heterocycles. The second-order valence-corrected chi connectivity index (χ2v) is 5.27. The third-order valence-electron chi connectivity index (χ3n) is 2.88. The van der Waals surface area contributed by atoms with Crippen molar-refractivity contribution < 1.29 is 19.1 Å². The Morgan fingerprint density at radius 2 is 1.87 bits per heavy atom. The van der Waals surface area contributed by atoms with Crippen LogP contribution in [-0.4, -0.2) is 41.9 Å². The molecule has 1 aromatic rings. The van der Waals surface area contributed by atoms with E-state index in [1.165, 1.54) is 11.8 Å². The molecule has 0 saturated carbocycles. The van der Waals surface area contributed by atoms with E-state index in [1.54, 1.807) is 44.2 Å². The molecule has 0 bridgehead atoms. The van der Waals surface area contributed by atoms with E-state index in [0.717, 1.165) is 0 Å². The first-order chi connectivity index (χ1) is 10.8. The Labute approximate surface area is 136 Å². The number of rotatable bonds is 7. The summed E-state index contributed by atoms with van der Waals surface area (Å²) in [7, 11) is 0. The standard InChI is InChI=1S/C17H22N2O4/c1-5-10-19(13(4)20)11-16(21)18-15-8-6-14(7-9-15)17(22)23-12(2)3/h5-9,12H,1,10-11H2,2-4H3,(H,18,21). The van der Waals surface area contributed by atoms with Crippen LogP contribution >= 0.6 is 0 Å². The van der Waals surface area contributed by atoms with Gasteiger partial charge in [-0.15, -0.1) is 6.58 Å². The molecule has 0 atom stereocenters. The first-order valence-electron chi connectivity index (χ1n) is 7.30. The number of nitrogens with zero attached hydrogens (tertiary/aromatic N) is 1. The highest BCUT2D eigenvalue weighted by molar-refractivity contribution is 5.95. The van der Waals surface area contributed by atoms with Crippen molar-refractivity contribution in [3.05, 3.63) is 42.5 Å². The Kier molecular flexibility index (Phi) is 6.99. The van der Waals surface area contributed by atoms with E-state index in [1.807, 2.05) is 0 Å². The van der Waals surface area contributed by atoms with Gasteiger partial charge >= 0.3 is 5.97 Å². The minimum Gasteiger partial charge on any atom is -0.459 e. The number of esters is 1. The lowest BCUT2D eigenvalue weighted by Crippen LogP contribution is -2.36. The Balaban J connectivity index is 2.63. The first-order valence-corrected chi connectivity index (χ1v) is 7.30. The predicted molar refractivity (Wildman–Crippen MR) is 88.1 cm³/mol. The maximum atomic E-state index is 11.9. The van der Waals surface area contributed by atoms with Gasteiger partial charge in [0.05, 0.1) is 11.7 Å². The number of benzene rings is 1. The molecule has 1 N–H and O–H groups in total. The number of carbonyl (C=O) groups excluding carboxylic acids is 3. The van der Waals surface area contributed by atoms with Crippen LogP contribution in [0.25, 0.3) is 0 Å². The van der Waals surface area contributed by atoms with Crippen molar-refractivity contribution in [1.82, 2.24) is 4.90 Å². The van der Waals surface area contributed by atoms with Gasteiger partial charge in [0.25, 0.3) is 0 Å². The van der Waals surface area contributed by atoms with Crippen LogP contribution in [0.1, 0.15) is 31.1 Å². The van der Waals surface area contributed by atoms with Gasteiger partial charge in [0.15, 0.2) is 0 Å². The largest absolute Gasteiger partial charge is 0.459 e. The fourth-order valence-electron chi connectivity index (χ4n) is 1.81. The van der Waals surface area contributed by atoms with Gasteiger partial charge in [-0.1, -0.05) is 6.08 Å². The van der Waals surface area contributed by atoms with Crippen LogP contribution in [0.5, 0.6) is 0 Å². The van der Waals surface area contributed by atoms with Crippen LogP contribution in [0.2, 0.25) is 0 Å². The molecule has 1 rings (SSSR count). The summed E-state index contributed by atoms with van der Waals surface area (Å²) in [4.78, 5) is 36.4. The second-order valence-electron chi connectivity index (χ2n) is 5.27. The van der Waals surface area contributed by atoms with E-state index in [0.29, 0.717) is 17.8 Å². The Morgan fingerprint density at radius 1 is 1.26 bits per heavy atom.